The number of hydrogen-bond donors (Lipinski definition) is 0. The summed E-state index contributed by atoms with van der Waals surface area (Å²) in [7, 11) is 1.50. The van der Waals surface area contributed by atoms with Crippen molar-refractivity contribution in [2.24, 2.45) is 47.3 Å². The van der Waals surface area contributed by atoms with Gasteiger partial charge in [0.25, 0.3) is 0 Å². The number of methoxy groups -OCH3 is 1. The van der Waals surface area contributed by atoms with Crippen molar-refractivity contribution in [3.63, 3.8) is 0 Å². The molecule has 27 heavy (non-hydrogen) atoms. The molecule has 0 heterocycles. The Balaban J connectivity index is 1.00. The number of carbonyl (C=O) groups excluding carboxylic acids is 1. The highest BCUT2D eigenvalue weighted by atomic mass is 16.5. The average Bonchev–Trinajstić information content (AvgIpc) is 3.47. The Morgan fingerprint density at radius 1 is 0.704 bits per heavy atom. The number of esters is 1. The van der Waals surface area contributed by atoms with Crippen molar-refractivity contribution in [2.45, 2.75) is 96.8 Å². The van der Waals surface area contributed by atoms with E-state index in [4.69, 9.17) is 4.74 Å². The third kappa shape index (κ3) is 5.97. The van der Waals surface area contributed by atoms with Crippen LogP contribution in [0.25, 0.3) is 0 Å². The Hall–Kier alpha value is -0.530. The smallest absolute Gasteiger partial charge is 0.305 e. The maximum absolute atomic E-state index is 11.2. The summed E-state index contributed by atoms with van der Waals surface area (Å²) < 4.78 is 4.74. The van der Waals surface area contributed by atoms with Crippen molar-refractivity contribution in [3.05, 3.63) is 0 Å². The zero-order chi connectivity index (χ0) is 18.8. The third-order valence-corrected chi connectivity index (χ3v) is 8.45. The summed E-state index contributed by atoms with van der Waals surface area (Å²) >= 11 is 0. The molecule has 2 nitrogen and oxygen atoms in total. The Kier molecular flexibility index (Phi) is 6.49. The Bertz CT molecular complexity index is 501. The van der Waals surface area contributed by atoms with Crippen LogP contribution in [0.1, 0.15) is 96.8 Å². The van der Waals surface area contributed by atoms with Crippen molar-refractivity contribution in [1.29, 1.82) is 0 Å². The van der Waals surface area contributed by atoms with E-state index >= 15 is 0 Å². The predicted molar refractivity (Wildman–Crippen MR) is 110 cm³/mol. The molecular formula is C25H42O2. The summed E-state index contributed by atoms with van der Waals surface area (Å²) in [5, 5.41) is 0. The number of ether oxygens (including phenoxy) is 1. The number of carbonyl (C=O) groups is 1. The van der Waals surface area contributed by atoms with Crippen LogP contribution in [0.15, 0.2) is 0 Å². The average molecular weight is 375 g/mol. The van der Waals surface area contributed by atoms with Gasteiger partial charge in [-0.05, 0) is 105 Å². The highest BCUT2D eigenvalue weighted by Gasteiger charge is 2.50. The first kappa shape index (κ1) is 19.8. The van der Waals surface area contributed by atoms with Gasteiger partial charge in [-0.25, -0.2) is 0 Å². The summed E-state index contributed by atoms with van der Waals surface area (Å²) in [5.41, 5.74) is 0. The van der Waals surface area contributed by atoms with Crippen molar-refractivity contribution in [3.8, 4) is 0 Å². The van der Waals surface area contributed by atoms with Gasteiger partial charge >= 0.3 is 5.97 Å². The van der Waals surface area contributed by atoms with Crippen molar-refractivity contribution in [2.75, 3.05) is 7.11 Å². The maximum atomic E-state index is 11.2. The molecule has 6 unspecified atom stereocenters. The fourth-order valence-corrected chi connectivity index (χ4v) is 6.11. The van der Waals surface area contributed by atoms with Crippen LogP contribution < -0.4 is 0 Å². The minimum absolute atomic E-state index is 0.0353. The lowest BCUT2D eigenvalue weighted by Gasteiger charge is -2.02. The van der Waals surface area contributed by atoms with E-state index in [0.29, 0.717) is 6.42 Å². The van der Waals surface area contributed by atoms with Crippen molar-refractivity contribution < 1.29 is 9.53 Å². The molecular weight excluding hydrogens is 332 g/mol. The standard InChI is InChI=1S/C25H42O2/c1-3-4-5-7-17-10-19(17)12-21-14-23(21)16-24-15-22(24)13-20-11-18(20)8-6-9-25(26)27-2/h17-24H,3-16H2,1-2H3/t17?,18?,19?,20?,21?,22?,23-,24+/m1/s1. The number of hydrogen-bond acceptors (Lipinski definition) is 2. The lowest BCUT2D eigenvalue weighted by atomic mass is 10.0. The van der Waals surface area contributed by atoms with Gasteiger partial charge in [0.1, 0.15) is 0 Å². The van der Waals surface area contributed by atoms with Gasteiger partial charge in [-0.3, -0.25) is 4.79 Å². The van der Waals surface area contributed by atoms with Crippen LogP contribution in [0.5, 0.6) is 0 Å². The molecule has 4 aliphatic rings. The Morgan fingerprint density at radius 2 is 1.15 bits per heavy atom. The molecule has 2 heteroatoms. The normalized spacial score (nSPS) is 41.3. The fourth-order valence-electron chi connectivity index (χ4n) is 6.11. The van der Waals surface area contributed by atoms with Gasteiger partial charge in [0, 0.05) is 6.42 Å². The topological polar surface area (TPSA) is 26.3 Å². The lowest BCUT2D eigenvalue weighted by Crippen LogP contribution is -1.99. The summed E-state index contributed by atoms with van der Waals surface area (Å²) in [6, 6.07) is 0. The second-order valence-electron chi connectivity index (χ2n) is 10.7. The van der Waals surface area contributed by atoms with Gasteiger partial charge in [-0.2, -0.15) is 0 Å². The summed E-state index contributed by atoms with van der Waals surface area (Å²) in [4.78, 5) is 11.2. The van der Waals surface area contributed by atoms with Gasteiger partial charge < -0.3 is 4.74 Å². The Morgan fingerprint density at radius 3 is 1.63 bits per heavy atom. The van der Waals surface area contributed by atoms with Crippen LogP contribution in [0.3, 0.4) is 0 Å². The number of rotatable bonds is 14. The fraction of sp³-hybridized carbons (Fsp3) is 0.960. The molecule has 154 valence electrons. The van der Waals surface area contributed by atoms with Gasteiger partial charge in [0.2, 0.25) is 0 Å². The predicted octanol–water partition coefficient (Wildman–Crippen LogP) is 6.62. The molecule has 0 aromatic carbocycles. The summed E-state index contributed by atoms with van der Waals surface area (Å²) in [6.45, 7) is 2.32. The van der Waals surface area contributed by atoms with Crippen LogP contribution >= 0.6 is 0 Å². The molecule has 4 fully saturated rings. The molecule has 0 aromatic rings. The second kappa shape index (κ2) is 8.87. The SMILES string of the molecule is CCCCCC1CC1CC1C[C@@H]1C[C@@H]1CC1CC1CC1CCCC(=O)OC. The molecule has 4 aliphatic carbocycles. The van der Waals surface area contributed by atoms with Crippen LogP contribution in [-0.4, -0.2) is 13.1 Å². The minimum atomic E-state index is -0.0353. The number of unbranched alkanes of at least 4 members (excludes halogenated alkanes) is 2. The molecule has 0 aromatic heterocycles. The zero-order valence-corrected chi connectivity index (χ0v) is 17.8. The monoisotopic (exact) mass is 374 g/mol. The first-order chi connectivity index (χ1) is 13.2. The highest BCUT2D eigenvalue weighted by Crippen LogP contribution is 2.60. The second-order valence-corrected chi connectivity index (χ2v) is 10.7. The molecule has 0 aliphatic heterocycles. The molecule has 0 N–H and O–H groups in total. The van der Waals surface area contributed by atoms with Crippen LogP contribution in [-0.2, 0) is 9.53 Å². The van der Waals surface area contributed by atoms with E-state index in [1.165, 1.54) is 58.5 Å². The van der Waals surface area contributed by atoms with Gasteiger partial charge in [-0.15, -0.1) is 0 Å². The lowest BCUT2D eigenvalue weighted by molar-refractivity contribution is -0.140. The highest BCUT2D eigenvalue weighted by molar-refractivity contribution is 5.68. The summed E-state index contributed by atoms with van der Waals surface area (Å²) in [5.74, 6) is 8.56. The van der Waals surface area contributed by atoms with E-state index in [1.54, 1.807) is 25.7 Å². The maximum Gasteiger partial charge on any atom is 0.305 e. The van der Waals surface area contributed by atoms with Crippen molar-refractivity contribution in [1.82, 2.24) is 0 Å². The van der Waals surface area contributed by atoms with E-state index in [9.17, 15) is 4.79 Å². The van der Waals surface area contributed by atoms with E-state index in [2.05, 4.69) is 6.92 Å². The quantitative estimate of drug-likeness (QED) is 0.252. The van der Waals surface area contributed by atoms with Crippen LogP contribution in [0.4, 0.5) is 0 Å². The molecule has 4 rings (SSSR count). The molecule has 4 saturated carbocycles. The van der Waals surface area contributed by atoms with Crippen LogP contribution in [0, 0.1) is 47.3 Å². The van der Waals surface area contributed by atoms with E-state index in [0.717, 1.165) is 53.8 Å². The van der Waals surface area contributed by atoms with Gasteiger partial charge in [0.15, 0.2) is 0 Å². The first-order valence-corrected chi connectivity index (χ1v) is 12.2. The van der Waals surface area contributed by atoms with E-state index in [1.807, 2.05) is 0 Å². The molecule has 0 bridgehead atoms. The van der Waals surface area contributed by atoms with E-state index in [-0.39, 0.29) is 5.97 Å². The van der Waals surface area contributed by atoms with E-state index < -0.39 is 0 Å². The molecule has 0 amide bonds. The van der Waals surface area contributed by atoms with Gasteiger partial charge in [-0.1, -0.05) is 32.6 Å². The molecule has 0 spiro atoms. The molecule has 0 radical (unpaired) electrons. The minimum Gasteiger partial charge on any atom is -0.469 e. The zero-order valence-electron chi connectivity index (χ0n) is 17.8. The Labute approximate surface area is 167 Å². The molecule has 8 atom stereocenters. The van der Waals surface area contributed by atoms with Crippen molar-refractivity contribution >= 4 is 5.97 Å². The van der Waals surface area contributed by atoms with Gasteiger partial charge in [0.05, 0.1) is 7.11 Å². The third-order valence-electron chi connectivity index (χ3n) is 8.45. The largest absolute Gasteiger partial charge is 0.469 e. The van der Waals surface area contributed by atoms with Crippen LogP contribution in [0.2, 0.25) is 0 Å². The molecule has 0 saturated heterocycles. The first-order valence-electron chi connectivity index (χ1n) is 12.2. The summed E-state index contributed by atoms with van der Waals surface area (Å²) in [6.07, 6.45) is 19.5.